The van der Waals surface area contributed by atoms with E-state index in [1.54, 1.807) is 31.2 Å². The molecule has 0 aromatic heterocycles. The van der Waals surface area contributed by atoms with Crippen LogP contribution in [0.2, 0.25) is 0 Å². The summed E-state index contributed by atoms with van der Waals surface area (Å²) in [6.45, 7) is 1.71. The number of hydrogen-bond acceptors (Lipinski definition) is 5. The van der Waals surface area contributed by atoms with Gasteiger partial charge in [0.05, 0.1) is 16.2 Å². The lowest BCUT2D eigenvalue weighted by Crippen LogP contribution is -2.59. The van der Waals surface area contributed by atoms with Crippen molar-refractivity contribution in [3.8, 4) is 0 Å². The highest BCUT2D eigenvalue weighted by Gasteiger charge is 2.51. The highest BCUT2D eigenvalue weighted by molar-refractivity contribution is 8.03. The van der Waals surface area contributed by atoms with Gasteiger partial charge in [0.15, 0.2) is 0 Å². The molecule has 29 heavy (non-hydrogen) atoms. The van der Waals surface area contributed by atoms with Gasteiger partial charge >= 0.3 is 0 Å². The Balaban J connectivity index is 1.62. The number of allylic oxidation sites excluding steroid dienone is 1. The summed E-state index contributed by atoms with van der Waals surface area (Å²) in [6, 6.07) is 6.38. The molecule has 1 aromatic rings. The molecule has 1 aliphatic carbocycles. The zero-order valence-electron chi connectivity index (χ0n) is 16.0. The van der Waals surface area contributed by atoms with E-state index in [1.807, 2.05) is 5.41 Å². The van der Waals surface area contributed by atoms with E-state index in [9.17, 15) is 18.3 Å². The van der Waals surface area contributed by atoms with Crippen LogP contribution in [0, 0.1) is 11.8 Å². The number of benzene rings is 1. The summed E-state index contributed by atoms with van der Waals surface area (Å²) in [5.41, 5.74) is 0.900. The molecule has 7 unspecified atom stereocenters. The van der Waals surface area contributed by atoms with Crippen LogP contribution in [0.25, 0.3) is 0 Å². The summed E-state index contributed by atoms with van der Waals surface area (Å²) >= 11 is 7.25. The van der Waals surface area contributed by atoms with Gasteiger partial charge in [-0.05, 0) is 48.8 Å². The minimum Gasteiger partial charge on any atom is -0.392 e. The summed E-state index contributed by atoms with van der Waals surface area (Å²) in [7, 11) is -3.65. The first kappa shape index (κ1) is 21.2. The summed E-state index contributed by atoms with van der Waals surface area (Å²) in [4.78, 5) is 12.6. The Morgan fingerprint density at radius 3 is 2.72 bits per heavy atom. The van der Waals surface area contributed by atoms with E-state index in [1.165, 1.54) is 11.8 Å². The SMILES string of the molecule is CC(CCl)NS(=O)(=O)c1ccc(C2C(O)CCC3NC(=O)C4SC=CC4C32)cc1. The van der Waals surface area contributed by atoms with Gasteiger partial charge in [-0.25, -0.2) is 13.1 Å². The summed E-state index contributed by atoms with van der Waals surface area (Å²) in [6.07, 6.45) is 2.92. The van der Waals surface area contributed by atoms with Crippen LogP contribution in [0.5, 0.6) is 0 Å². The van der Waals surface area contributed by atoms with Gasteiger partial charge in [0.1, 0.15) is 0 Å². The Labute approximate surface area is 180 Å². The quantitative estimate of drug-likeness (QED) is 0.590. The summed E-state index contributed by atoms with van der Waals surface area (Å²) in [5, 5.41) is 15.8. The van der Waals surface area contributed by atoms with E-state index in [0.717, 1.165) is 12.0 Å². The number of carbonyl (C=O) groups excluding carboxylic acids is 1. The zero-order chi connectivity index (χ0) is 20.8. The van der Waals surface area contributed by atoms with Crippen molar-refractivity contribution in [1.29, 1.82) is 0 Å². The first-order valence-corrected chi connectivity index (χ1v) is 12.8. The van der Waals surface area contributed by atoms with Gasteiger partial charge in [-0.2, -0.15) is 0 Å². The van der Waals surface area contributed by atoms with Gasteiger partial charge in [0, 0.05) is 29.8 Å². The van der Waals surface area contributed by atoms with Gasteiger partial charge in [0.25, 0.3) is 0 Å². The lowest BCUT2D eigenvalue weighted by Gasteiger charge is -2.48. The van der Waals surface area contributed by atoms with Gasteiger partial charge in [-0.1, -0.05) is 18.2 Å². The molecule has 2 aliphatic heterocycles. The summed E-state index contributed by atoms with van der Waals surface area (Å²) < 4.78 is 27.5. The highest BCUT2D eigenvalue weighted by Crippen LogP contribution is 2.50. The molecule has 0 radical (unpaired) electrons. The number of sulfonamides is 1. The van der Waals surface area contributed by atoms with Crippen LogP contribution in [0.15, 0.2) is 40.6 Å². The molecule has 3 aliphatic rings. The maximum absolute atomic E-state index is 12.5. The van der Waals surface area contributed by atoms with Crippen molar-refractivity contribution < 1.29 is 18.3 Å². The van der Waals surface area contributed by atoms with Crippen LogP contribution >= 0.6 is 23.4 Å². The third-order valence-corrected chi connectivity index (χ3v) is 9.34. The Hall–Kier alpha value is -1.06. The van der Waals surface area contributed by atoms with Crippen molar-refractivity contribution in [2.75, 3.05) is 5.88 Å². The number of piperidine rings is 1. The van der Waals surface area contributed by atoms with Crippen molar-refractivity contribution in [3.05, 3.63) is 41.3 Å². The maximum atomic E-state index is 12.5. The lowest BCUT2D eigenvalue weighted by molar-refractivity contribution is -0.126. The van der Waals surface area contributed by atoms with Crippen LogP contribution in [-0.4, -0.2) is 48.7 Å². The zero-order valence-corrected chi connectivity index (χ0v) is 18.4. The number of thioether (sulfide) groups is 1. The fourth-order valence-electron chi connectivity index (χ4n) is 4.83. The van der Waals surface area contributed by atoms with Crippen molar-refractivity contribution in [2.24, 2.45) is 11.8 Å². The number of nitrogens with one attached hydrogen (secondary N) is 2. The van der Waals surface area contributed by atoms with Gasteiger partial charge < -0.3 is 10.4 Å². The van der Waals surface area contributed by atoms with Crippen molar-refractivity contribution >= 4 is 39.3 Å². The van der Waals surface area contributed by atoms with E-state index < -0.39 is 16.1 Å². The molecule has 9 heteroatoms. The number of aliphatic hydroxyl groups excluding tert-OH is 1. The van der Waals surface area contributed by atoms with E-state index in [2.05, 4.69) is 16.1 Å². The largest absolute Gasteiger partial charge is 0.392 e. The van der Waals surface area contributed by atoms with Crippen LogP contribution in [-0.2, 0) is 14.8 Å². The van der Waals surface area contributed by atoms with Crippen LogP contribution in [0.4, 0.5) is 0 Å². The third-order valence-electron chi connectivity index (χ3n) is 6.14. The molecular weight excluding hydrogens is 432 g/mol. The average Bonchev–Trinajstić information content (AvgIpc) is 3.19. The molecule has 1 saturated carbocycles. The van der Waals surface area contributed by atoms with Crippen LogP contribution < -0.4 is 10.0 Å². The molecule has 4 rings (SSSR count). The molecule has 1 amide bonds. The minimum absolute atomic E-state index is 0.0233. The normalized spacial score (nSPS) is 34.9. The lowest BCUT2D eigenvalue weighted by atomic mass is 9.63. The Morgan fingerprint density at radius 1 is 1.31 bits per heavy atom. The second-order valence-corrected chi connectivity index (χ2v) is 11.1. The fraction of sp³-hybridized carbons (Fsp3) is 0.550. The van der Waals surface area contributed by atoms with Gasteiger partial charge in [-0.15, -0.1) is 23.4 Å². The van der Waals surface area contributed by atoms with Crippen molar-refractivity contribution in [3.63, 3.8) is 0 Å². The highest BCUT2D eigenvalue weighted by atomic mass is 35.5. The molecule has 1 saturated heterocycles. The van der Waals surface area contributed by atoms with Crippen molar-refractivity contribution in [1.82, 2.24) is 10.0 Å². The van der Waals surface area contributed by atoms with Gasteiger partial charge in [-0.3, -0.25) is 4.79 Å². The van der Waals surface area contributed by atoms with E-state index in [0.29, 0.717) is 6.42 Å². The second-order valence-electron chi connectivity index (χ2n) is 8.07. The molecule has 2 fully saturated rings. The standard InChI is InChI=1S/C20H25ClN2O4S2/c1-11(10-21)23-29(26,27)13-4-2-12(3-5-13)17-16(24)7-6-15-18(17)14-8-9-28-19(14)20(25)22-15/h2-5,8-9,11,14-19,23-24H,6-7,10H2,1H3,(H,22,25). The number of aliphatic hydroxyl groups is 1. The van der Waals surface area contributed by atoms with Gasteiger partial charge in [0.2, 0.25) is 15.9 Å². The molecule has 0 bridgehead atoms. The fourth-order valence-corrected chi connectivity index (χ4v) is 7.33. The van der Waals surface area contributed by atoms with E-state index in [-0.39, 0.29) is 51.8 Å². The number of hydrogen-bond donors (Lipinski definition) is 3. The number of amides is 1. The molecular formula is C20H25ClN2O4S2. The molecule has 1 aromatic carbocycles. The Bertz CT molecular complexity index is 906. The number of halogens is 1. The minimum atomic E-state index is -3.65. The van der Waals surface area contributed by atoms with Crippen LogP contribution in [0.3, 0.4) is 0 Å². The molecule has 7 atom stereocenters. The Morgan fingerprint density at radius 2 is 2.03 bits per heavy atom. The first-order valence-electron chi connectivity index (χ1n) is 9.80. The van der Waals surface area contributed by atoms with Crippen molar-refractivity contribution in [2.45, 2.75) is 54.0 Å². The predicted molar refractivity (Wildman–Crippen MR) is 114 cm³/mol. The molecule has 0 spiro atoms. The number of alkyl halides is 1. The summed E-state index contributed by atoms with van der Waals surface area (Å²) in [5.74, 6) is 0.269. The molecule has 6 nitrogen and oxygen atoms in total. The topological polar surface area (TPSA) is 95.5 Å². The third kappa shape index (κ3) is 3.97. The number of fused-ring (bicyclic) bond motifs is 3. The second kappa shape index (κ2) is 8.23. The molecule has 3 N–H and O–H groups in total. The van der Waals surface area contributed by atoms with E-state index >= 15 is 0 Å². The predicted octanol–water partition coefficient (Wildman–Crippen LogP) is 2.19. The van der Waals surface area contributed by atoms with E-state index in [4.69, 9.17) is 11.6 Å². The average molecular weight is 457 g/mol. The van der Waals surface area contributed by atoms with Crippen LogP contribution in [0.1, 0.15) is 31.2 Å². The molecule has 2 heterocycles. The number of rotatable bonds is 5. The first-order chi connectivity index (χ1) is 13.8. The number of carbonyl (C=O) groups is 1. The smallest absolute Gasteiger partial charge is 0.240 e. The monoisotopic (exact) mass is 456 g/mol. The Kier molecular flexibility index (Phi) is 6.01. The molecule has 158 valence electrons. The maximum Gasteiger partial charge on any atom is 0.240 e.